The molecular formula is C19H27F3N4O. The summed E-state index contributed by atoms with van der Waals surface area (Å²) in [4.78, 5) is 16.0. The largest absolute Gasteiger partial charge is 0.416 e. The highest BCUT2D eigenvalue weighted by Gasteiger charge is 2.29. The summed E-state index contributed by atoms with van der Waals surface area (Å²) < 4.78 is 37.7. The smallest absolute Gasteiger partial charge is 0.356 e. The maximum atomic E-state index is 12.6. The Kier molecular flexibility index (Phi) is 7.94. The molecule has 27 heavy (non-hydrogen) atoms. The van der Waals surface area contributed by atoms with Crippen LogP contribution in [0.25, 0.3) is 0 Å². The number of hydrogen-bond acceptors (Lipinski definition) is 2. The minimum absolute atomic E-state index is 0.0624. The fourth-order valence-corrected chi connectivity index (χ4v) is 3.10. The van der Waals surface area contributed by atoms with Gasteiger partial charge in [0.25, 0.3) is 0 Å². The van der Waals surface area contributed by atoms with Crippen molar-refractivity contribution in [2.45, 2.75) is 50.7 Å². The van der Waals surface area contributed by atoms with Gasteiger partial charge in [-0.1, -0.05) is 31.4 Å². The third kappa shape index (κ3) is 7.48. The van der Waals surface area contributed by atoms with Gasteiger partial charge in [-0.25, -0.2) is 0 Å². The van der Waals surface area contributed by atoms with E-state index in [0.717, 1.165) is 43.4 Å². The first kappa shape index (κ1) is 21.1. The van der Waals surface area contributed by atoms with E-state index in [1.54, 1.807) is 7.05 Å². The molecule has 0 bridgehead atoms. The van der Waals surface area contributed by atoms with E-state index in [0.29, 0.717) is 18.9 Å². The van der Waals surface area contributed by atoms with Crippen LogP contribution < -0.4 is 16.0 Å². The number of carbonyl (C=O) groups is 1. The Morgan fingerprint density at radius 2 is 1.78 bits per heavy atom. The van der Waals surface area contributed by atoms with Crippen LogP contribution in [0, 0.1) is 0 Å². The molecule has 0 saturated heterocycles. The van der Waals surface area contributed by atoms with Crippen LogP contribution in [0.1, 0.15) is 43.2 Å². The van der Waals surface area contributed by atoms with Crippen LogP contribution in [0.15, 0.2) is 29.3 Å². The van der Waals surface area contributed by atoms with E-state index in [4.69, 9.17) is 0 Å². The van der Waals surface area contributed by atoms with Gasteiger partial charge >= 0.3 is 6.18 Å². The lowest BCUT2D eigenvalue weighted by molar-refractivity contribution is -0.137. The van der Waals surface area contributed by atoms with Gasteiger partial charge in [0, 0.05) is 19.6 Å². The fourth-order valence-electron chi connectivity index (χ4n) is 3.10. The van der Waals surface area contributed by atoms with Gasteiger partial charge in [-0.05, 0) is 37.0 Å². The number of halogens is 3. The molecule has 1 fully saturated rings. The summed E-state index contributed by atoms with van der Waals surface area (Å²) in [6.07, 6.45) is 1.85. The van der Waals surface area contributed by atoms with Crippen LogP contribution in [0.2, 0.25) is 0 Å². The monoisotopic (exact) mass is 384 g/mol. The highest BCUT2D eigenvalue weighted by Crippen LogP contribution is 2.29. The molecule has 1 aromatic carbocycles. The lowest BCUT2D eigenvalue weighted by Crippen LogP contribution is -2.46. The van der Waals surface area contributed by atoms with Gasteiger partial charge in [-0.2, -0.15) is 13.2 Å². The molecule has 1 aliphatic rings. The number of nitrogens with zero attached hydrogens (tertiary/aromatic N) is 1. The summed E-state index contributed by atoms with van der Waals surface area (Å²) in [5.74, 6) is 0.424. The predicted octanol–water partition coefficient (Wildman–Crippen LogP) is 2.86. The molecule has 1 aromatic rings. The van der Waals surface area contributed by atoms with E-state index < -0.39 is 11.7 Å². The molecule has 2 rings (SSSR count). The minimum atomic E-state index is -4.32. The molecule has 8 heteroatoms. The van der Waals surface area contributed by atoms with Crippen molar-refractivity contribution in [2.75, 3.05) is 20.1 Å². The topological polar surface area (TPSA) is 65.5 Å². The summed E-state index contributed by atoms with van der Waals surface area (Å²) in [6.45, 7) is 0.631. The van der Waals surface area contributed by atoms with Gasteiger partial charge in [0.15, 0.2) is 5.96 Å². The van der Waals surface area contributed by atoms with Crippen molar-refractivity contribution in [3.63, 3.8) is 0 Å². The molecule has 1 amide bonds. The summed E-state index contributed by atoms with van der Waals surface area (Å²) in [7, 11) is 1.60. The van der Waals surface area contributed by atoms with Crippen LogP contribution in [0.3, 0.4) is 0 Å². The van der Waals surface area contributed by atoms with Crippen molar-refractivity contribution in [3.8, 4) is 0 Å². The van der Waals surface area contributed by atoms with Crippen LogP contribution in [0.5, 0.6) is 0 Å². The molecule has 0 atom stereocenters. The fraction of sp³-hybridized carbons (Fsp3) is 0.579. The average molecular weight is 384 g/mol. The van der Waals surface area contributed by atoms with Gasteiger partial charge in [0.05, 0.1) is 12.1 Å². The predicted molar refractivity (Wildman–Crippen MR) is 99.5 cm³/mol. The molecular weight excluding hydrogens is 357 g/mol. The lowest BCUT2D eigenvalue weighted by Gasteiger charge is -2.23. The first-order chi connectivity index (χ1) is 12.9. The molecule has 0 aromatic heterocycles. The highest BCUT2D eigenvalue weighted by molar-refractivity contribution is 5.86. The van der Waals surface area contributed by atoms with E-state index in [1.165, 1.54) is 18.6 Å². The number of nitrogens with one attached hydrogen (secondary N) is 3. The van der Waals surface area contributed by atoms with Crippen molar-refractivity contribution in [3.05, 3.63) is 35.4 Å². The number of alkyl halides is 3. The minimum Gasteiger partial charge on any atom is -0.356 e. The average Bonchev–Trinajstić information content (AvgIpc) is 2.65. The second-order valence-electron chi connectivity index (χ2n) is 6.70. The van der Waals surface area contributed by atoms with Crippen LogP contribution in [-0.4, -0.2) is 38.0 Å². The molecule has 5 nitrogen and oxygen atoms in total. The third-order valence-electron chi connectivity index (χ3n) is 4.60. The first-order valence-electron chi connectivity index (χ1n) is 9.28. The molecule has 0 heterocycles. The van der Waals surface area contributed by atoms with Gasteiger partial charge in [0.2, 0.25) is 5.91 Å². The molecule has 0 spiro atoms. The Bertz CT molecular complexity index is 623. The Hall–Kier alpha value is -2.25. The molecule has 0 aliphatic heterocycles. The normalized spacial score (nSPS) is 16.1. The number of aliphatic imine (C=N–C) groups is 1. The van der Waals surface area contributed by atoms with Crippen molar-refractivity contribution in [1.29, 1.82) is 0 Å². The van der Waals surface area contributed by atoms with Crippen LogP contribution >= 0.6 is 0 Å². The SMILES string of the molecule is CN=C(NCCc1ccc(C(F)(F)F)cc1)NCC(=O)NC1CCCCC1. The number of hydrogen-bond donors (Lipinski definition) is 3. The summed E-state index contributed by atoms with van der Waals surface area (Å²) >= 11 is 0. The quantitative estimate of drug-likeness (QED) is 0.522. The second-order valence-corrected chi connectivity index (χ2v) is 6.70. The van der Waals surface area contributed by atoms with Crippen molar-refractivity contribution in [2.24, 2.45) is 4.99 Å². The molecule has 1 aliphatic carbocycles. The zero-order valence-corrected chi connectivity index (χ0v) is 15.5. The number of benzene rings is 1. The Balaban J connectivity index is 1.68. The molecule has 1 saturated carbocycles. The Morgan fingerprint density at radius 3 is 2.37 bits per heavy atom. The van der Waals surface area contributed by atoms with Crippen LogP contribution in [0.4, 0.5) is 13.2 Å². The summed E-state index contributed by atoms with van der Waals surface area (Å²) in [6, 6.07) is 5.37. The highest BCUT2D eigenvalue weighted by atomic mass is 19.4. The van der Waals surface area contributed by atoms with E-state index in [9.17, 15) is 18.0 Å². The van der Waals surface area contributed by atoms with Crippen molar-refractivity contribution < 1.29 is 18.0 Å². The second kappa shape index (κ2) is 10.2. The number of carbonyl (C=O) groups excluding carboxylic acids is 1. The van der Waals surface area contributed by atoms with Gasteiger partial charge in [0.1, 0.15) is 0 Å². The first-order valence-corrected chi connectivity index (χ1v) is 9.28. The Labute approximate surface area is 157 Å². The summed E-state index contributed by atoms with van der Waals surface area (Å²) in [5.41, 5.74) is 0.140. The number of rotatable bonds is 6. The van der Waals surface area contributed by atoms with E-state index in [-0.39, 0.29) is 18.5 Å². The maximum absolute atomic E-state index is 12.6. The maximum Gasteiger partial charge on any atom is 0.416 e. The zero-order valence-electron chi connectivity index (χ0n) is 15.5. The van der Waals surface area contributed by atoms with E-state index in [1.807, 2.05) is 0 Å². The van der Waals surface area contributed by atoms with Crippen molar-refractivity contribution in [1.82, 2.24) is 16.0 Å². The summed E-state index contributed by atoms with van der Waals surface area (Å²) in [5, 5.41) is 9.03. The van der Waals surface area contributed by atoms with Crippen LogP contribution in [-0.2, 0) is 17.4 Å². The zero-order chi connectivity index (χ0) is 19.7. The van der Waals surface area contributed by atoms with Gasteiger partial charge in [-0.15, -0.1) is 0 Å². The number of amides is 1. The van der Waals surface area contributed by atoms with Gasteiger partial charge in [-0.3, -0.25) is 9.79 Å². The number of guanidine groups is 1. The Morgan fingerprint density at radius 1 is 1.11 bits per heavy atom. The van der Waals surface area contributed by atoms with Crippen molar-refractivity contribution >= 4 is 11.9 Å². The molecule has 3 N–H and O–H groups in total. The molecule has 150 valence electrons. The molecule has 0 radical (unpaired) electrons. The van der Waals surface area contributed by atoms with E-state index >= 15 is 0 Å². The molecule has 0 unspecified atom stereocenters. The van der Waals surface area contributed by atoms with E-state index in [2.05, 4.69) is 20.9 Å². The third-order valence-corrected chi connectivity index (χ3v) is 4.60. The van der Waals surface area contributed by atoms with Gasteiger partial charge < -0.3 is 16.0 Å². The lowest BCUT2D eigenvalue weighted by atomic mass is 9.95. The standard InChI is InChI=1S/C19H27F3N4O/c1-23-18(25-13-17(27)26-16-5-3-2-4-6-16)24-12-11-14-7-9-15(10-8-14)19(20,21)22/h7-10,16H,2-6,11-13H2,1H3,(H,26,27)(H2,23,24,25).